The molecule has 0 saturated carbocycles. The highest BCUT2D eigenvalue weighted by Gasteiger charge is 2.39. The van der Waals surface area contributed by atoms with E-state index in [1.807, 2.05) is 0 Å². The molecule has 4 aliphatic rings. The van der Waals surface area contributed by atoms with Crippen molar-refractivity contribution in [2.75, 3.05) is 33.2 Å². The molecule has 0 aromatic heterocycles. The smallest absolute Gasteiger partial charge is 0.208 e. The zero-order valence-corrected chi connectivity index (χ0v) is 16.2. The lowest BCUT2D eigenvalue weighted by Gasteiger charge is -2.29. The highest BCUT2D eigenvalue weighted by atomic mass is 16.5. The van der Waals surface area contributed by atoms with Gasteiger partial charge in [-0.15, -0.1) is 0 Å². The fourth-order valence-corrected chi connectivity index (χ4v) is 4.63. The topological polar surface area (TPSA) is 31.4 Å². The molecule has 0 spiro atoms. The second-order valence-corrected chi connectivity index (χ2v) is 7.95. The first-order valence-corrected chi connectivity index (χ1v) is 10.2. The van der Waals surface area contributed by atoms with Crippen molar-refractivity contribution < 1.29 is 9.47 Å². The van der Waals surface area contributed by atoms with Crippen molar-refractivity contribution in [3.63, 3.8) is 0 Å². The van der Waals surface area contributed by atoms with Crippen LogP contribution in [0.4, 0.5) is 0 Å². The summed E-state index contributed by atoms with van der Waals surface area (Å²) in [7, 11) is 0. The molecule has 6 heteroatoms. The van der Waals surface area contributed by atoms with Crippen molar-refractivity contribution in [1.82, 2.24) is 19.6 Å². The van der Waals surface area contributed by atoms with Crippen LogP contribution < -0.4 is 0 Å². The summed E-state index contributed by atoms with van der Waals surface area (Å²) < 4.78 is 11.9. The normalized spacial score (nSPS) is 24.8. The Kier molecular flexibility index (Phi) is 3.82. The van der Waals surface area contributed by atoms with E-state index >= 15 is 0 Å². The zero-order chi connectivity index (χ0) is 19.2. The average Bonchev–Trinajstić information content (AvgIpc) is 3.50. The van der Waals surface area contributed by atoms with Gasteiger partial charge in [0.05, 0.1) is 44.5 Å². The third-order valence-electron chi connectivity index (χ3n) is 6.08. The van der Waals surface area contributed by atoms with Gasteiger partial charge in [0, 0.05) is 0 Å². The standard InChI is InChI=1S/C23H24N4O2/c1-3-7-18(8-4-1)20-13-28-22-11-24(16-26(20)22)15-25-12-23-27(17-25)21(14-29-23)19-9-5-2-6-10-19/h1-12,20-21H,13-17H2/t20-,21-/m1/s1. The molecule has 6 rings (SSSR count). The minimum Gasteiger partial charge on any atom is -0.475 e. The van der Waals surface area contributed by atoms with E-state index in [2.05, 4.69) is 92.7 Å². The van der Waals surface area contributed by atoms with Gasteiger partial charge in [0.2, 0.25) is 11.8 Å². The molecule has 0 amide bonds. The molecule has 0 aliphatic carbocycles. The predicted molar refractivity (Wildman–Crippen MR) is 108 cm³/mol. The first kappa shape index (κ1) is 16.7. The van der Waals surface area contributed by atoms with Gasteiger partial charge in [0.15, 0.2) is 0 Å². The molecule has 0 unspecified atom stereocenters. The molecule has 2 saturated heterocycles. The summed E-state index contributed by atoms with van der Waals surface area (Å²) in [6.07, 6.45) is 4.28. The lowest BCUT2D eigenvalue weighted by atomic mass is 10.1. The van der Waals surface area contributed by atoms with Gasteiger partial charge in [-0.1, -0.05) is 60.7 Å². The van der Waals surface area contributed by atoms with Crippen molar-refractivity contribution in [2.45, 2.75) is 12.1 Å². The molecule has 2 aromatic carbocycles. The fraction of sp³-hybridized carbons (Fsp3) is 0.304. The van der Waals surface area contributed by atoms with Crippen LogP contribution in [0.3, 0.4) is 0 Å². The molecule has 148 valence electrons. The number of hydrogen-bond donors (Lipinski definition) is 0. The Bertz CT molecular complexity index is 868. The Morgan fingerprint density at radius 1 is 0.655 bits per heavy atom. The second-order valence-electron chi connectivity index (χ2n) is 7.95. The van der Waals surface area contributed by atoms with E-state index in [1.54, 1.807) is 0 Å². The third kappa shape index (κ3) is 2.87. The maximum absolute atomic E-state index is 5.96. The Morgan fingerprint density at radius 2 is 1.10 bits per heavy atom. The van der Waals surface area contributed by atoms with E-state index in [4.69, 9.17) is 9.47 Å². The van der Waals surface area contributed by atoms with Gasteiger partial charge < -0.3 is 29.1 Å². The summed E-state index contributed by atoms with van der Waals surface area (Å²) in [6, 6.07) is 21.8. The summed E-state index contributed by atoms with van der Waals surface area (Å²) in [6.45, 7) is 3.94. The maximum Gasteiger partial charge on any atom is 0.208 e. The second kappa shape index (κ2) is 6.65. The third-order valence-corrected chi connectivity index (χ3v) is 6.08. The molecular formula is C23H24N4O2. The first-order chi connectivity index (χ1) is 14.3. The molecule has 4 aliphatic heterocycles. The number of hydrogen-bond acceptors (Lipinski definition) is 6. The molecule has 0 radical (unpaired) electrons. The van der Waals surface area contributed by atoms with Crippen LogP contribution in [-0.2, 0) is 9.47 Å². The van der Waals surface area contributed by atoms with Crippen molar-refractivity contribution in [3.05, 3.63) is 96.0 Å². The van der Waals surface area contributed by atoms with Crippen LogP contribution in [0, 0.1) is 0 Å². The minimum atomic E-state index is 0.290. The molecule has 4 heterocycles. The monoisotopic (exact) mass is 388 g/mol. The molecule has 0 N–H and O–H groups in total. The summed E-state index contributed by atoms with van der Waals surface area (Å²) in [5.74, 6) is 1.95. The van der Waals surface area contributed by atoms with Crippen molar-refractivity contribution in [3.8, 4) is 0 Å². The molecule has 29 heavy (non-hydrogen) atoms. The van der Waals surface area contributed by atoms with Crippen LogP contribution in [0.25, 0.3) is 0 Å². The van der Waals surface area contributed by atoms with Crippen molar-refractivity contribution in [1.29, 1.82) is 0 Å². The number of ether oxygens (including phenoxy) is 2. The van der Waals surface area contributed by atoms with E-state index < -0.39 is 0 Å². The molecule has 2 aromatic rings. The molecule has 2 atom stereocenters. The first-order valence-electron chi connectivity index (χ1n) is 10.2. The quantitative estimate of drug-likeness (QED) is 0.800. The van der Waals surface area contributed by atoms with E-state index in [9.17, 15) is 0 Å². The van der Waals surface area contributed by atoms with Crippen LogP contribution in [0.15, 0.2) is 84.8 Å². The number of fused-ring (bicyclic) bond motifs is 2. The van der Waals surface area contributed by atoms with Gasteiger partial charge in [-0.3, -0.25) is 0 Å². The SMILES string of the molecule is C1=C2OC[C@H](c3ccccc3)N2CN1CN1C=C2OC[C@H](c3ccccc3)N2C1. The van der Waals surface area contributed by atoms with E-state index in [1.165, 1.54) is 11.1 Å². The maximum atomic E-state index is 5.96. The van der Waals surface area contributed by atoms with Crippen molar-refractivity contribution >= 4 is 0 Å². The minimum absolute atomic E-state index is 0.290. The van der Waals surface area contributed by atoms with Crippen LogP contribution >= 0.6 is 0 Å². The molecule has 2 fully saturated rings. The van der Waals surface area contributed by atoms with E-state index in [0.717, 1.165) is 45.0 Å². The highest BCUT2D eigenvalue weighted by molar-refractivity contribution is 5.24. The number of rotatable bonds is 4. The Balaban J connectivity index is 1.12. The number of benzene rings is 2. The van der Waals surface area contributed by atoms with Gasteiger partial charge in [-0.05, 0) is 11.1 Å². The van der Waals surface area contributed by atoms with Gasteiger partial charge in [0.1, 0.15) is 13.2 Å². The predicted octanol–water partition coefficient (Wildman–Crippen LogP) is 3.23. The summed E-state index contributed by atoms with van der Waals surface area (Å²) in [5.41, 5.74) is 2.61. The summed E-state index contributed by atoms with van der Waals surface area (Å²) in [4.78, 5) is 9.31. The lowest BCUT2D eigenvalue weighted by molar-refractivity contribution is 0.142. The van der Waals surface area contributed by atoms with Crippen LogP contribution in [0.1, 0.15) is 23.2 Å². The van der Waals surface area contributed by atoms with Gasteiger partial charge in [-0.25, -0.2) is 0 Å². The van der Waals surface area contributed by atoms with Gasteiger partial charge >= 0.3 is 0 Å². The largest absolute Gasteiger partial charge is 0.475 e. The lowest BCUT2D eigenvalue weighted by Crippen LogP contribution is -2.37. The van der Waals surface area contributed by atoms with Crippen molar-refractivity contribution in [2.24, 2.45) is 0 Å². The van der Waals surface area contributed by atoms with Gasteiger partial charge in [0.25, 0.3) is 0 Å². The Morgan fingerprint density at radius 3 is 1.55 bits per heavy atom. The summed E-state index contributed by atoms with van der Waals surface area (Å²) in [5, 5.41) is 0. The van der Waals surface area contributed by atoms with Crippen LogP contribution in [0.5, 0.6) is 0 Å². The average molecular weight is 388 g/mol. The Hall–Kier alpha value is -3.28. The molecular weight excluding hydrogens is 364 g/mol. The van der Waals surface area contributed by atoms with Crippen LogP contribution in [-0.4, -0.2) is 52.8 Å². The van der Waals surface area contributed by atoms with E-state index in [0.29, 0.717) is 12.1 Å². The molecule has 0 bridgehead atoms. The zero-order valence-electron chi connectivity index (χ0n) is 16.2. The highest BCUT2D eigenvalue weighted by Crippen LogP contribution is 2.38. The number of nitrogens with zero attached hydrogens (tertiary/aromatic N) is 4. The summed E-state index contributed by atoms with van der Waals surface area (Å²) >= 11 is 0. The Labute approximate surface area is 170 Å². The van der Waals surface area contributed by atoms with E-state index in [-0.39, 0.29) is 0 Å². The van der Waals surface area contributed by atoms with Gasteiger partial charge in [-0.2, -0.15) is 0 Å². The fourth-order valence-electron chi connectivity index (χ4n) is 4.63. The molecule has 6 nitrogen and oxygen atoms in total. The van der Waals surface area contributed by atoms with Crippen LogP contribution in [0.2, 0.25) is 0 Å².